The van der Waals surface area contributed by atoms with E-state index in [0.717, 1.165) is 88.6 Å². The van der Waals surface area contributed by atoms with E-state index >= 15 is 0 Å². The van der Waals surface area contributed by atoms with Gasteiger partial charge in [-0.05, 0) is 133 Å². The molecule has 0 aliphatic rings. The SMILES string of the molecule is c1ccc2c(c1)cc(-c1ccc(N(c3ccc(-c4ccc5c(c4)oc4ccccc45)cc3)c3ccc(-c4cccc5oc6c7ccccc7ccc6c45)cc3)cc1)c1ccccc12. The first-order chi connectivity index (χ1) is 31.2. The second kappa shape index (κ2) is 14.1. The van der Waals surface area contributed by atoms with Gasteiger partial charge in [0.25, 0.3) is 0 Å². The molecule has 0 aliphatic carbocycles. The maximum Gasteiger partial charge on any atom is 0.143 e. The second-order valence-corrected chi connectivity index (χ2v) is 16.4. The summed E-state index contributed by atoms with van der Waals surface area (Å²) in [5.41, 5.74) is 13.8. The van der Waals surface area contributed by atoms with E-state index in [4.69, 9.17) is 8.83 Å². The molecular formula is C60H37NO2. The van der Waals surface area contributed by atoms with Crippen LogP contribution in [0.15, 0.2) is 233 Å². The topological polar surface area (TPSA) is 29.5 Å². The highest BCUT2D eigenvalue weighted by Crippen LogP contribution is 2.43. The largest absolute Gasteiger partial charge is 0.456 e. The molecule has 2 heterocycles. The third kappa shape index (κ3) is 5.75. The number of hydrogen-bond donors (Lipinski definition) is 0. The summed E-state index contributed by atoms with van der Waals surface area (Å²) in [5, 5.41) is 11.9. The molecule has 0 radical (unpaired) electrons. The van der Waals surface area contributed by atoms with Crippen LogP contribution in [0, 0.1) is 0 Å². The lowest BCUT2D eigenvalue weighted by Crippen LogP contribution is -2.09. The second-order valence-electron chi connectivity index (χ2n) is 16.4. The highest BCUT2D eigenvalue weighted by atomic mass is 16.3. The van der Waals surface area contributed by atoms with Crippen LogP contribution in [-0.4, -0.2) is 0 Å². The Bertz CT molecular complexity index is 3890. The Kier molecular flexibility index (Phi) is 7.91. The van der Waals surface area contributed by atoms with Gasteiger partial charge in [0.2, 0.25) is 0 Å². The average Bonchev–Trinajstić information content (AvgIpc) is 3.93. The summed E-state index contributed by atoms with van der Waals surface area (Å²) < 4.78 is 12.8. The minimum Gasteiger partial charge on any atom is -0.456 e. The van der Waals surface area contributed by atoms with Gasteiger partial charge in [-0.3, -0.25) is 0 Å². The van der Waals surface area contributed by atoms with Crippen LogP contribution in [-0.2, 0) is 0 Å². The molecule has 11 aromatic carbocycles. The van der Waals surface area contributed by atoms with E-state index in [1.54, 1.807) is 0 Å². The van der Waals surface area contributed by atoms with Gasteiger partial charge in [-0.2, -0.15) is 0 Å². The molecule has 0 saturated carbocycles. The monoisotopic (exact) mass is 803 g/mol. The van der Waals surface area contributed by atoms with E-state index in [0.29, 0.717) is 0 Å². The summed E-state index contributed by atoms with van der Waals surface area (Å²) in [4.78, 5) is 2.35. The van der Waals surface area contributed by atoms with Gasteiger partial charge in [0, 0.05) is 44.0 Å². The van der Waals surface area contributed by atoms with E-state index < -0.39 is 0 Å². The van der Waals surface area contributed by atoms with E-state index in [1.807, 2.05) is 12.1 Å². The molecule has 0 atom stereocenters. The van der Waals surface area contributed by atoms with Crippen molar-refractivity contribution in [2.24, 2.45) is 0 Å². The van der Waals surface area contributed by atoms with Crippen LogP contribution in [0.1, 0.15) is 0 Å². The molecule has 13 rings (SSSR count). The van der Waals surface area contributed by atoms with Gasteiger partial charge >= 0.3 is 0 Å². The fourth-order valence-electron chi connectivity index (χ4n) is 9.82. The van der Waals surface area contributed by atoms with Gasteiger partial charge in [-0.1, -0.05) is 152 Å². The third-order valence-electron chi connectivity index (χ3n) is 12.9. The van der Waals surface area contributed by atoms with E-state index in [1.165, 1.54) is 38.1 Å². The van der Waals surface area contributed by atoms with Crippen LogP contribution in [0.5, 0.6) is 0 Å². The van der Waals surface area contributed by atoms with Crippen LogP contribution < -0.4 is 4.90 Å². The van der Waals surface area contributed by atoms with Crippen molar-refractivity contribution < 1.29 is 8.83 Å². The molecule has 13 aromatic rings. The molecule has 294 valence electrons. The summed E-state index contributed by atoms with van der Waals surface area (Å²) in [6, 6.07) is 80.5. The summed E-state index contributed by atoms with van der Waals surface area (Å²) in [6.07, 6.45) is 0. The van der Waals surface area contributed by atoms with Gasteiger partial charge in [-0.15, -0.1) is 0 Å². The molecule has 0 bridgehead atoms. The Labute approximate surface area is 363 Å². The van der Waals surface area contributed by atoms with Gasteiger partial charge in [0.05, 0.1) is 0 Å². The molecule has 0 unspecified atom stereocenters. The lowest BCUT2D eigenvalue weighted by molar-refractivity contribution is 0.669. The van der Waals surface area contributed by atoms with Crippen LogP contribution in [0.2, 0.25) is 0 Å². The zero-order chi connectivity index (χ0) is 41.4. The first kappa shape index (κ1) is 35.4. The van der Waals surface area contributed by atoms with E-state index in [2.05, 4.69) is 217 Å². The standard InChI is InChI=1S/C60H37NO2/c1-4-13-49-39(10-1)26-35-54-59-48(17-9-19-57(59)63-60(49)54)40-22-30-45(31-23-40)61(44-28-20-38(21-29-44)42-27-34-53-52-16-7-8-18-56(52)62-58(53)37-42)46-32-24-41(25-33-46)55-36-43-11-2-3-12-47(43)50-14-5-6-15-51(50)55/h1-37H. The highest BCUT2D eigenvalue weighted by Gasteiger charge is 2.18. The Balaban J connectivity index is 0.913. The molecule has 0 amide bonds. The predicted molar refractivity (Wildman–Crippen MR) is 265 cm³/mol. The van der Waals surface area contributed by atoms with E-state index in [9.17, 15) is 0 Å². The normalized spacial score (nSPS) is 11.8. The minimum absolute atomic E-state index is 0.892. The number of hydrogen-bond acceptors (Lipinski definition) is 3. The molecule has 0 N–H and O–H groups in total. The van der Waals surface area contributed by atoms with Crippen LogP contribution in [0.3, 0.4) is 0 Å². The van der Waals surface area contributed by atoms with Crippen molar-refractivity contribution in [2.45, 2.75) is 0 Å². The first-order valence-electron chi connectivity index (χ1n) is 21.5. The van der Waals surface area contributed by atoms with Crippen molar-refractivity contribution in [3.8, 4) is 33.4 Å². The Morgan fingerprint density at radius 1 is 0.270 bits per heavy atom. The number of rotatable bonds is 6. The average molecular weight is 804 g/mol. The lowest BCUT2D eigenvalue weighted by Gasteiger charge is -2.26. The van der Waals surface area contributed by atoms with Gasteiger partial charge in [0.1, 0.15) is 22.3 Å². The van der Waals surface area contributed by atoms with Crippen molar-refractivity contribution in [2.75, 3.05) is 4.90 Å². The van der Waals surface area contributed by atoms with Crippen molar-refractivity contribution in [3.63, 3.8) is 0 Å². The molecule has 0 aliphatic heterocycles. The number of para-hydroxylation sites is 1. The molecule has 3 nitrogen and oxygen atoms in total. The quantitative estimate of drug-likeness (QED) is 0.157. The van der Waals surface area contributed by atoms with E-state index in [-0.39, 0.29) is 0 Å². The molecule has 63 heavy (non-hydrogen) atoms. The first-order valence-corrected chi connectivity index (χ1v) is 21.5. The molecule has 0 spiro atoms. The maximum atomic E-state index is 6.55. The number of anilines is 3. The summed E-state index contributed by atoms with van der Waals surface area (Å²) in [6.45, 7) is 0. The van der Waals surface area contributed by atoms with Crippen molar-refractivity contribution >= 4 is 93.3 Å². The number of fused-ring (bicyclic) bond motifs is 11. The fraction of sp³-hybridized carbons (Fsp3) is 0. The molecule has 0 fully saturated rings. The van der Waals surface area contributed by atoms with Crippen molar-refractivity contribution in [1.29, 1.82) is 0 Å². The number of furan rings is 2. The zero-order valence-electron chi connectivity index (χ0n) is 34.1. The molecular weight excluding hydrogens is 767 g/mol. The van der Waals surface area contributed by atoms with Crippen molar-refractivity contribution in [3.05, 3.63) is 224 Å². The lowest BCUT2D eigenvalue weighted by atomic mass is 9.93. The van der Waals surface area contributed by atoms with Gasteiger partial charge in [0.15, 0.2) is 0 Å². The summed E-state index contributed by atoms with van der Waals surface area (Å²) in [7, 11) is 0. The van der Waals surface area contributed by atoms with Crippen LogP contribution in [0.25, 0.3) is 110 Å². The maximum absolute atomic E-state index is 6.55. The minimum atomic E-state index is 0.892. The molecule has 0 saturated heterocycles. The summed E-state index contributed by atoms with van der Waals surface area (Å²) >= 11 is 0. The van der Waals surface area contributed by atoms with Gasteiger partial charge in [-0.25, -0.2) is 0 Å². The number of nitrogens with zero attached hydrogens (tertiary/aromatic N) is 1. The smallest absolute Gasteiger partial charge is 0.143 e. The predicted octanol–water partition coefficient (Wildman–Crippen LogP) is 17.4. The summed E-state index contributed by atoms with van der Waals surface area (Å²) in [5.74, 6) is 0. The number of benzene rings is 11. The van der Waals surface area contributed by atoms with Crippen molar-refractivity contribution in [1.82, 2.24) is 0 Å². The third-order valence-corrected chi connectivity index (χ3v) is 12.9. The zero-order valence-corrected chi connectivity index (χ0v) is 34.1. The van der Waals surface area contributed by atoms with Crippen LogP contribution in [0.4, 0.5) is 17.1 Å². The molecule has 2 aromatic heterocycles. The Hall–Kier alpha value is -8.40. The molecule has 3 heteroatoms. The fourth-order valence-corrected chi connectivity index (χ4v) is 9.82. The highest BCUT2D eigenvalue weighted by molar-refractivity contribution is 6.19. The van der Waals surface area contributed by atoms with Gasteiger partial charge < -0.3 is 13.7 Å². The Morgan fingerprint density at radius 3 is 1.56 bits per heavy atom. The Morgan fingerprint density at radius 2 is 0.810 bits per heavy atom. The van der Waals surface area contributed by atoms with Crippen LogP contribution >= 0.6 is 0 Å².